The van der Waals surface area contributed by atoms with Gasteiger partial charge in [-0.15, -0.1) is 0 Å². The summed E-state index contributed by atoms with van der Waals surface area (Å²) in [5.74, 6) is 0. The van der Waals surface area contributed by atoms with Crippen molar-refractivity contribution in [2.45, 2.75) is 25.6 Å². The van der Waals surface area contributed by atoms with E-state index in [2.05, 4.69) is 29.2 Å². The van der Waals surface area contributed by atoms with E-state index in [-0.39, 0.29) is 0 Å². The lowest BCUT2D eigenvalue weighted by molar-refractivity contribution is -0.00612. The number of ether oxygens (including phenoxy) is 2. The Hall–Kier alpha value is -0.900. The molecular weight excluding hydrogens is 226 g/mol. The van der Waals surface area contributed by atoms with Gasteiger partial charge in [-0.1, -0.05) is 30.3 Å². The average molecular weight is 249 g/mol. The van der Waals surface area contributed by atoms with E-state index in [0.29, 0.717) is 6.10 Å². The molecule has 0 bridgehead atoms. The predicted octanol–water partition coefficient (Wildman–Crippen LogP) is 2.31. The summed E-state index contributed by atoms with van der Waals surface area (Å²) in [6.45, 7) is 4.87. The molecule has 0 spiro atoms. The minimum Gasteiger partial charge on any atom is -0.383 e. The lowest BCUT2D eigenvalue weighted by atomic mass is 10.1. The molecule has 1 aromatic carbocycles. The topological polar surface area (TPSA) is 21.7 Å². The lowest BCUT2D eigenvalue weighted by Crippen LogP contribution is -2.38. The van der Waals surface area contributed by atoms with Gasteiger partial charge in [0.25, 0.3) is 0 Å². The third-order valence-corrected chi connectivity index (χ3v) is 3.47. The summed E-state index contributed by atoms with van der Waals surface area (Å²) in [6, 6.07) is 10.4. The molecule has 1 fully saturated rings. The lowest BCUT2D eigenvalue weighted by Gasteiger charge is -2.31. The number of hydrogen-bond donors (Lipinski definition) is 0. The van der Waals surface area contributed by atoms with Gasteiger partial charge in [-0.3, -0.25) is 0 Å². The van der Waals surface area contributed by atoms with Crippen molar-refractivity contribution in [2.24, 2.45) is 0 Å². The molecular formula is C15H23NO2. The van der Waals surface area contributed by atoms with Gasteiger partial charge < -0.3 is 14.4 Å². The largest absolute Gasteiger partial charge is 0.383 e. The summed E-state index contributed by atoms with van der Waals surface area (Å²) in [7, 11) is 1.76. The standard InChI is InChI=1S/C15H23NO2/c1-17-12-11-16-9-7-15(8-10-16)18-13-14-5-3-2-4-6-14/h2-6,15H,7-13H2,1H3. The monoisotopic (exact) mass is 249 g/mol. The second kappa shape index (κ2) is 7.52. The summed E-state index contributed by atoms with van der Waals surface area (Å²) >= 11 is 0. The van der Waals surface area contributed by atoms with Crippen molar-refractivity contribution >= 4 is 0 Å². The van der Waals surface area contributed by atoms with Gasteiger partial charge in [0.1, 0.15) is 0 Å². The first-order chi connectivity index (χ1) is 8.88. The number of rotatable bonds is 6. The Bertz CT molecular complexity index is 321. The molecule has 18 heavy (non-hydrogen) atoms. The van der Waals surface area contributed by atoms with Crippen LogP contribution in [0.4, 0.5) is 0 Å². The molecule has 0 radical (unpaired) electrons. The highest BCUT2D eigenvalue weighted by Gasteiger charge is 2.19. The van der Waals surface area contributed by atoms with Crippen LogP contribution in [-0.4, -0.2) is 44.4 Å². The zero-order valence-corrected chi connectivity index (χ0v) is 11.2. The van der Waals surface area contributed by atoms with Gasteiger partial charge in [0, 0.05) is 26.7 Å². The van der Waals surface area contributed by atoms with E-state index in [1.807, 2.05) is 6.07 Å². The molecule has 0 saturated carbocycles. The Kier molecular flexibility index (Phi) is 5.65. The van der Waals surface area contributed by atoms with Crippen LogP contribution in [0.5, 0.6) is 0 Å². The Morgan fingerprint density at radius 2 is 1.89 bits per heavy atom. The second-order valence-electron chi connectivity index (χ2n) is 4.83. The summed E-state index contributed by atoms with van der Waals surface area (Å²) in [4.78, 5) is 2.45. The van der Waals surface area contributed by atoms with E-state index < -0.39 is 0 Å². The summed E-state index contributed by atoms with van der Waals surface area (Å²) in [5.41, 5.74) is 1.26. The average Bonchev–Trinajstić information content (AvgIpc) is 2.45. The maximum absolute atomic E-state index is 5.96. The van der Waals surface area contributed by atoms with E-state index in [4.69, 9.17) is 9.47 Å². The Labute approximate surface area is 110 Å². The summed E-state index contributed by atoms with van der Waals surface area (Å²) in [6.07, 6.45) is 2.69. The molecule has 1 aliphatic rings. The molecule has 3 nitrogen and oxygen atoms in total. The normalized spacial score (nSPS) is 18.1. The quantitative estimate of drug-likeness (QED) is 0.772. The molecule has 0 unspecified atom stereocenters. The maximum Gasteiger partial charge on any atom is 0.0720 e. The number of methoxy groups -OCH3 is 1. The minimum atomic E-state index is 0.420. The molecule has 1 heterocycles. The maximum atomic E-state index is 5.96. The smallest absolute Gasteiger partial charge is 0.0720 e. The molecule has 0 N–H and O–H groups in total. The van der Waals surface area contributed by atoms with Crippen LogP contribution < -0.4 is 0 Å². The number of nitrogens with zero attached hydrogens (tertiary/aromatic N) is 1. The molecule has 2 rings (SSSR count). The molecule has 3 heteroatoms. The molecule has 1 aliphatic heterocycles. The Morgan fingerprint density at radius 1 is 1.17 bits per heavy atom. The van der Waals surface area contributed by atoms with Gasteiger partial charge in [0.05, 0.1) is 19.3 Å². The van der Waals surface area contributed by atoms with Gasteiger partial charge >= 0.3 is 0 Å². The van der Waals surface area contributed by atoms with Gasteiger partial charge in [0.2, 0.25) is 0 Å². The van der Waals surface area contributed by atoms with E-state index in [0.717, 1.165) is 45.7 Å². The highest BCUT2D eigenvalue weighted by Crippen LogP contribution is 2.15. The van der Waals surface area contributed by atoms with Crippen molar-refractivity contribution < 1.29 is 9.47 Å². The zero-order chi connectivity index (χ0) is 12.6. The fraction of sp³-hybridized carbons (Fsp3) is 0.600. The van der Waals surface area contributed by atoms with E-state index in [1.54, 1.807) is 7.11 Å². The third kappa shape index (κ3) is 4.41. The minimum absolute atomic E-state index is 0.420. The van der Waals surface area contributed by atoms with Crippen LogP contribution in [0, 0.1) is 0 Å². The van der Waals surface area contributed by atoms with Crippen LogP contribution in [0.1, 0.15) is 18.4 Å². The van der Waals surface area contributed by atoms with Crippen molar-refractivity contribution in [1.29, 1.82) is 0 Å². The first-order valence-electron chi connectivity index (χ1n) is 6.75. The van der Waals surface area contributed by atoms with E-state index in [9.17, 15) is 0 Å². The summed E-state index contributed by atoms with van der Waals surface area (Å²) < 4.78 is 11.1. The van der Waals surface area contributed by atoms with E-state index >= 15 is 0 Å². The van der Waals surface area contributed by atoms with Crippen LogP contribution in [0.2, 0.25) is 0 Å². The highest BCUT2D eigenvalue weighted by molar-refractivity contribution is 5.13. The van der Waals surface area contributed by atoms with Gasteiger partial charge in [0.15, 0.2) is 0 Å². The van der Waals surface area contributed by atoms with Crippen molar-refractivity contribution in [3.8, 4) is 0 Å². The SMILES string of the molecule is COCCN1CCC(OCc2ccccc2)CC1. The second-order valence-corrected chi connectivity index (χ2v) is 4.83. The zero-order valence-electron chi connectivity index (χ0n) is 11.2. The van der Waals surface area contributed by atoms with Crippen LogP contribution in [-0.2, 0) is 16.1 Å². The Balaban J connectivity index is 1.65. The Morgan fingerprint density at radius 3 is 2.56 bits per heavy atom. The van der Waals surface area contributed by atoms with Crippen molar-refractivity contribution in [1.82, 2.24) is 4.90 Å². The third-order valence-electron chi connectivity index (χ3n) is 3.47. The molecule has 0 aromatic heterocycles. The number of likely N-dealkylation sites (tertiary alicyclic amines) is 1. The molecule has 1 aromatic rings. The molecule has 100 valence electrons. The molecule has 0 aliphatic carbocycles. The van der Waals surface area contributed by atoms with Gasteiger partial charge in [-0.05, 0) is 18.4 Å². The van der Waals surface area contributed by atoms with Crippen molar-refractivity contribution in [3.63, 3.8) is 0 Å². The number of piperidine rings is 1. The fourth-order valence-electron chi connectivity index (χ4n) is 2.31. The first-order valence-corrected chi connectivity index (χ1v) is 6.75. The summed E-state index contributed by atoms with van der Waals surface area (Å²) in [5, 5.41) is 0. The van der Waals surface area contributed by atoms with Crippen LogP contribution in [0.15, 0.2) is 30.3 Å². The first kappa shape index (κ1) is 13.5. The number of hydrogen-bond acceptors (Lipinski definition) is 3. The van der Waals surface area contributed by atoms with Crippen LogP contribution in [0.3, 0.4) is 0 Å². The molecule has 1 saturated heterocycles. The van der Waals surface area contributed by atoms with Crippen molar-refractivity contribution in [2.75, 3.05) is 33.4 Å². The molecule has 0 atom stereocenters. The predicted molar refractivity (Wildman–Crippen MR) is 72.6 cm³/mol. The van der Waals surface area contributed by atoms with Crippen molar-refractivity contribution in [3.05, 3.63) is 35.9 Å². The fourth-order valence-corrected chi connectivity index (χ4v) is 2.31. The van der Waals surface area contributed by atoms with Gasteiger partial charge in [-0.25, -0.2) is 0 Å². The van der Waals surface area contributed by atoms with E-state index in [1.165, 1.54) is 5.56 Å². The van der Waals surface area contributed by atoms with Crippen LogP contribution >= 0.6 is 0 Å². The van der Waals surface area contributed by atoms with Crippen LogP contribution in [0.25, 0.3) is 0 Å². The molecule has 0 amide bonds. The van der Waals surface area contributed by atoms with Gasteiger partial charge in [-0.2, -0.15) is 0 Å². The highest BCUT2D eigenvalue weighted by atomic mass is 16.5. The number of benzene rings is 1.